The topological polar surface area (TPSA) is 52.2 Å². The number of hydrogen-bond acceptors (Lipinski definition) is 3. The first kappa shape index (κ1) is 15.7. The summed E-state index contributed by atoms with van der Waals surface area (Å²) in [6.45, 7) is 2.06. The van der Waals surface area contributed by atoms with Crippen LogP contribution < -0.4 is 5.56 Å². The molecule has 0 spiro atoms. The first-order chi connectivity index (χ1) is 11.1. The molecule has 5 nitrogen and oxygen atoms in total. The minimum absolute atomic E-state index is 0.148. The normalized spacial score (nSPS) is 11.6. The summed E-state index contributed by atoms with van der Waals surface area (Å²) in [7, 11) is 1.94. The van der Waals surface area contributed by atoms with Crippen LogP contribution in [0.2, 0.25) is 0 Å². The van der Waals surface area contributed by atoms with E-state index in [-0.39, 0.29) is 5.56 Å². The molecule has 118 valence electrons. The van der Waals surface area contributed by atoms with Crippen molar-refractivity contribution in [2.75, 3.05) is 0 Å². The smallest absolute Gasteiger partial charge is 0.282 e. The van der Waals surface area contributed by atoms with Gasteiger partial charge in [0.15, 0.2) is 0 Å². The van der Waals surface area contributed by atoms with E-state index in [2.05, 4.69) is 32.9 Å². The maximum absolute atomic E-state index is 12.8. The minimum Gasteiger partial charge on any atom is -0.350 e. The van der Waals surface area contributed by atoms with Crippen LogP contribution in [0.25, 0.3) is 10.9 Å². The molecule has 0 aliphatic carbocycles. The lowest BCUT2D eigenvalue weighted by Gasteiger charge is -2.08. The van der Waals surface area contributed by atoms with Crippen molar-refractivity contribution >= 4 is 33.0 Å². The molecule has 0 aliphatic heterocycles. The van der Waals surface area contributed by atoms with E-state index in [1.165, 1.54) is 4.68 Å². The molecule has 23 heavy (non-hydrogen) atoms. The molecule has 0 fully saturated rings. The molecule has 0 atom stereocenters. The van der Waals surface area contributed by atoms with Gasteiger partial charge in [-0.3, -0.25) is 4.79 Å². The molecule has 3 aromatic rings. The number of benzene rings is 1. The summed E-state index contributed by atoms with van der Waals surface area (Å²) in [5, 5.41) is 4.95. The van der Waals surface area contributed by atoms with E-state index in [4.69, 9.17) is 0 Å². The van der Waals surface area contributed by atoms with E-state index in [0.717, 1.165) is 16.6 Å². The van der Waals surface area contributed by atoms with Crippen molar-refractivity contribution in [3.8, 4) is 0 Å². The fourth-order valence-corrected chi connectivity index (χ4v) is 2.79. The predicted molar refractivity (Wildman–Crippen MR) is 96.1 cm³/mol. The van der Waals surface area contributed by atoms with E-state index in [0.29, 0.717) is 23.1 Å². The van der Waals surface area contributed by atoms with Crippen LogP contribution in [-0.4, -0.2) is 20.4 Å². The van der Waals surface area contributed by atoms with E-state index in [1.807, 2.05) is 42.1 Å². The predicted octanol–water partition coefficient (Wildman–Crippen LogP) is 3.33. The summed E-state index contributed by atoms with van der Waals surface area (Å²) in [4.78, 5) is 17.4. The molecule has 0 aliphatic rings. The first-order valence-corrected chi connectivity index (χ1v) is 8.26. The van der Waals surface area contributed by atoms with Crippen LogP contribution in [-0.2, 0) is 13.5 Å². The molecule has 0 radical (unpaired) electrons. The van der Waals surface area contributed by atoms with Crippen LogP contribution in [0.1, 0.15) is 24.9 Å². The van der Waals surface area contributed by atoms with Gasteiger partial charge in [-0.05, 0) is 36.8 Å². The number of hydrogen-bond donors (Lipinski definition) is 0. The Bertz CT molecular complexity index is 939. The molecule has 6 heteroatoms. The molecule has 0 saturated carbocycles. The molecule has 2 heterocycles. The molecule has 3 rings (SSSR count). The number of nitrogens with zero attached hydrogens (tertiary/aromatic N) is 4. The second-order valence-electron chi connectivity index (χ2n) is 5.34. The van der Waals surface area contributed by atoms with Gasteiger partial charge < -0.3 is 4.57 Å². The average molecular weight is 373 g/mol. The van der Waals surface area contributed by atoms with Crippen LogP contribution in [0.5, 0.6) is 0 Å². The number of aryl methyl sites for hydroxylation is 2. The van der Waals surface area contributed by atoms with Gasteiger partial charge in [0.1, 0.15) is 5.82 Å². The molecular weight excluding hydrogens is 356 g/mol. The molecule has 2 aromatic heterocycles. The summed E-state index contributed by atoms with van der Waals surface area (Å²) in [5.41, 5.74) is 1.48. The van der Waals surface area contributed by atoms with E-state index in [1.54, 1.807) is 12.3 Å². The summed E-state index contributed by atoms with van der Waals surface area (Å²) < 4.78 is 4.20. The monoisotopic (exact) mass is 372 g/mol. The number of aromatic nitrogens is 3. The third-order valence-electron chi connectivity index (χ3n) is 3.64. The van der Waals surface area contributed by atoms with Crippen LogP contribution in [0.3, 0.4) is 0 Å². The highest BCUT2D eigenvalue weighted by Gasteiger charge is 2.10. The van der Waals surface area contributed by atoms with Crippen molar-refractivity contribution < 1.29 is 0 Å². The highest BCUT2D eigenvalue weighted by atomic mass is 79.9. The lowest BCUT2D eigenvalue weighted by atomic mass is 10.2. The van der Waals surface area contributed by atoms with Crippen molar-refractivity contribution in [2.45, 2.75) is 19.8 Å². The van der Waals surface area contributed by atoms with Crippen LogP contribution in [0.15, 0.2) is 50.9 Å². The zero-order valence-electron chi connectivity index (χ0n) is 13.0. The quantitative estimate of drug-likeness (QED) is 0.659. The Hall–Kier alpha value is -2.21. The Kier molecular flexibility index (Phi) is 4.43. The zero-order chi connectivity index (χ0) is 16.4. The highest BCUT2D eigenvalue weighted by molar-refractivity contribution is 9.10. The van der Waals surface area contributed by atoms with Crippen molar-refractivity contribution in [2.24, 2.45) is 12.1 Å². The summed E-state index contributed by atoms with van der Waals surface area (Å²) in [6.07, 6.45) is 5.22. The molecule has 0 amide bonds. The fourth-order valence-electron chi connectivity index (χ4n) is 2.42. The lowest BCUT2D eigenvalue weighted by molar-refractivity contribution is 0.703. The SMILES string of the molecule is CCCc1nc2ccc(Br)cc2c(=O)n1N=Cc1cccn1C. The van der Waals surface area contributed by atoms with Crippen molar-refractivity contribution in [1.82, 2.24) is 14.2 Å². The van der Waals surface area contributed by atoms with Crippen molar-refractivity contribution in [3.05, 3.63) is 62.9 Å². The van der Waals surface area contributed by atoms with Gasteiger partial charge >= 0.3 is 0 Å². The molecule has 0 saturated heterocycles. The van der Waals surface area contributed by atoms with Gasteiger partial charge in [0.05, 0.1) is 22.8 Å². The zero-order valence-corrected chi connectivity index (χ0v) is 14.6. The Morgan fingerprint density at radius 2 is 2.17 bits per heavy atom. The third kappa shape index (κ3) is 3.12. The molecule has 1 aromatic carbocycles. The van der Waals surface area contributed by atoms with Crippen molar-refractivity contribution in [1.29, 1.82) is 0 Å². The largest absolute Gasteiger partial charge is 0.350 e. The highest BCUT2D eigenvalue weighted by Crippen LogP contribution is 2.16. The van der Waals surface area contributed by atoms with Crippen LogP contribution >= 0.6 is 15.9 Å². The second-order valence-corrected chi connectivity index (χ2v) is 6.26. The van der Waals surface area contributed by atoms with Crippen LogP contribution in [0, 0.1) is 0 Å². The number of fused-ring (bicyclic) bond motifs is 1. The summed E-state index contributed by atoms with van der Waals surface area (Å²) in [6, 6.07) is 9.41. The standard InChI is InChI=1S/C17H17BrN4O/c1-3-5-16-20-15-8-7-12(18)10-14(15)17(23)22(16)19-11-13-6-4-9-21(13)2/h4,6-11H,3,5H2,1-2H3. The van der Waals surface area contributed by atoms with E-state index >= 15 is 0 Å². The molecule has 0 N–H and O–H groups in total. The van der Waals surface area contributed by atoms with Gasteiger partial charge in [-0.15, -0.1) is 0 Å². The van der Waals surface area contributed by atoms with Gasteiger partial charge in [-0.25, -0.2) is 4.98 Å². The minimum atomic E-state index is -0.148. The number of halogens is 1. The van der Waals surface area contributed by atoms with Gasteiger partial charge in [0.2, 0.25) is 0 Å². The maximum Gasteiger partial charge on any atom is 0.282 e. The Morgan fingerprint density at radius 1 is 1.35 bits per heavy atom. The van der Waals surface area contributed by atoms with Gasteiger partial charge in [0.25, 0.3) is 5.56 Å². The maximum atomic E-state index is 12.8. The van der Waals surface area contributed by atoms with E-state index < -0.39 is 0 Å². The molecule has 0 unspecified atom stereocenters. The summed E-state index contributed by atoms with van der Waals surface area (Å²) in [5.74, 6) is 0.679. The second kappa shape index (κ2) is 6.50. The molecular formula is C17H17BrN4O. The Balaban J connectivity index is 2.18. The van der Waals surface area contributed by atoms with Gasteiger partial charge in [-0.2, -0.15) is 9.78 Å². The summed E-state index contributed by atoms with van der Waals surface area (Å²) >= 11 is 3.40. The van der Waals surface area contributed by atoms with E-state index in [9.17, 15) is 4.79 Å². The fraction of sp³-hybridized carbons (Fsp3) is 0.235. The Labute approximate surface area is 142 Å². The van der Waals surface area contributed by atoms with Crippen LogP contribution in [0.4, 0.5) is 0 Å². The van der Waals surface area contributed by atoms with Gasteiger partial charge in [0, 0.05) is 24.1 Å². The number of rotatable bonds is 4. The lowest BCUT2D eigenvalue weighted by Crippen LogP contribution is -2.22. The first-order valence-electron chi connectivity index (χ1n) is 7.47. The Morgan fingerprint density at radius 3 is 2.87 bits per heavy atom. The average Bonchev–Trinajstić information content (AvgIpc) is 2.93. The van der Waals surface area contributed by atoms with Crippen molar-refractivity contribution in [3.63, 3.8) is 0 Å². The van der Waals surface area contributed by atoms with Gasteiger partial charge in [-0.1, -0.05) is 22.9 Å². The molecule has 0 bridgehead atoms. The third-order valence-corrected chi connectivity index (χ3v) is 4.13.